The molecule has 0 amide bonds. The van der Waals surface area contributed by atoms with Crippen LogP contribution >= 0.6 is 11.3 Å². The van der Waals surface area contributed by atoms with Crippen molar-refractivity contribution in [1.29, 1.82) is 0 Å². The largest absolute Gasteiger partial charge is 0.250 e. The van der Waals surface area contributed by atoms with E-state index in [-0.39, 0.29) is 17.3 Å². The average Bonchev–Trinajstić information content (AvgIpc) is 2.68. The van der Waals surface area contributed by atoms with E-state index >= 15 is 0 Å². The number of thiophene rings is 1. The summed E-state index contributed by atoms with van der Waals surface area (Å²) in [6, 6.07) is 3.17. The van der Waals surface area contributed by atoms with E-state index in [0.717, 1.165) is 17.6 Å². The van der Waals surface area contributed by atoms with Gasteiger partial charge in [0.05, 0.1) is 6.26 Å². The Morgan fingerprint density at radius 1 is 1.18 bits per heavy atom. The molecule has 0 aliphatic rings. The van der Waals surface area contributed by atoms with E-state index in [9.17, 15) is 16.8 Å². The lowest BCUT2D eigenvalue weighted by Crippen LogP contribution is -2.29. The van der Waals surface area contributed by atoms with Crippen molar-refractivity contribution in [3.63, 3.8) is 0 Å². The molecule has 0 unspecified atom stereocenters. The lowest BCUT2D eigenvalue weighted by molar-refractivity contribution is 0.576. The van der Waals surface area contributed by atoms with Gasteiger partial charge in [-0.05, 0) is 17.9 Å². The van der Waals surface area contributed by atoms with E-state index in [0.29, 0.717) is 6.42 Å². The fraction of sp³-hybridized carbons (Fsp3) is 0.500. The molecule has 0 atom stereocenters. The van der Waals surface area contributed by atoms with Crippen LogP contribution in [0.25, 0.3) is 0 Å². The van der Waals surface area contributed by atoms with Crippen LogP contribution in [-0.2, 0) is 20.0 Å². The SMILES string of the molecule is CS(=O)(=O)NCCCNS(=O)(=O)c1cccs1. The Morgan fingerprint density at radius 2 is 1.82 bits per heavy atom. The zero-order chi connectivity index (χ0) is 12.9. The molecule has 0 saturated heterocycles. The molecule has 0 aliphatic carbocycles. The Balaban J connectivity index is 2.33. The third-order valence-corrected chi connectivity index (χ3v) is 5.36. The maximum absolute atomic E-state index is 11.6. The maximum Gasteiger partial charge on any atom is 0.250 e. The third kappa shape index (κ3) is 5.59. The van der Waals surface area contributed by atoms with Gasteiger partial charge in [-0.1, -0.05) is 6.07 Å². The van der Waals surface area contributed by atoms with E-state index in [1.165, 1.54) is 6.07 Å². The van der Waals surface area contributed by atoms with Crippen molar-refractivity contribution in [2.75, 3.05) is 19.3 Å². The van der Waals surface area contributed by atoms with Crippen LogP contribution in [-0.4, -0.2) is 36.2 Å². The normalized spacial score (nSPS) is 12.8. The minimum Gasteiger partial charge on any atom is -0.215 e. The molecule has 9 heteroatoms. The van der Waals surface area contributed by atoms with E-state index in [4.69, 9.17) is 0 Å². The van der Waals surface area contributed by atoms with Crippen LogP contribution < -0.4 is 9.44 Å². The lowest BCUT2D eigenvalue weighted by atomic mass is 10.4. The third-order valence-electron chi connectivity index (χ3n) is 1.77. The van der Waals surface area contributed by atoms with Gasteiger partial charge >= 0.3 is 0 Å². The Morgan fingerprint density at radius 3 is 2.35 bits per heavy atom. The highest BCUT2D eigenvalue weighted by atomic mass is 32.2. The van der Waals surface area contributed by atoms with Gasteiger partial charge in [-0.15, -0.1) is 11.3 Å². The molecular weight excluding hydrogens is 284 g/mol. The van der Waals surface area contributed by atoms with Crippen molar-refractivity contribution in [2.24, 2.45) is 0 Å². The first-order valence-corrected chi connectivity index (χ1v) is 9.04. The number of rotatable bonds is 7. The van der Waals surface area contributed by atoms with Crippen LogP contribution in [0.4, 0.5) is 0 Å². The second-order valence-electron chi connectivity index (χ2n) is 3.35. The average molecular weight is 298 g/mol. The monoisotopic (exact) mass is 298 g/mol. The van der Waals surface area contributed by atoms with Gasteiger partial charge in [0.25, 0.3) is 0 Å². The summed E-state index contributed by atoms with van der Waals surface area (Å²) in [7, 11) is -6.65. The summed E-state index contributed by atoms with van der Waals surface area (Å²) in [6.45, 7) is 0.411. The van der Waals surface area contributed by atoms with Gasteiger partial charge in [0.1, 0.15) is 4.21 Å². The number of nitrogens with one attached hydrogen (secondary N) is 2. The molecule has 0 bridgehead atoms. The Bertz CT molecular complexity index is 533. The van der Waals surface area contributed by atoms with Crippen LogP contribution in [0.3, 0.4) is 0 Å². The van der Waals surface area contributed by atoms with Gasteiger partial charge in [0.2, 0.25) is 20.0 Å². The molecule has 2 N–H and O–H groups in total. The van der Waals surface area contributed by atoms with Gasteiger partial charge in [0, 0.05) is 13.1 Å². The smallest absolute Gasteiger partial charge is 0.215 e. The van der Waals surface area contributed by atoms with E-state index in [2.05, 4.69) is 9.44 Å². The zero-order valence-corrected chi connectivity index (χ0v) is 11.7. The maximum atomic E-state index is 11.6. The van der Waals surface area contributed by atoms with Crippen molar-refractivity contribution < 1.29 is 16.8 Å². The predicted octanol–water partition coefficient (Wildman–Crippen LogP) is -0.0343. The molecule has 1 aromatic heterocycles. The molecule has 1 aromatic rings. The van der Waals surface area contributed by atoms with E-state index in [1.807, 2.05) is 0 Å². The van der Waals surface area contributed by atoms with Gasteiger partial charge in [-0.3, -0.25) is 0 Å². The zero-order valence-electron chi connectivity index (χ0n) is 9.21. The minimum absolute atomic E-state index is 0.197. The highest BCUT2D eigenvalue weighted by molar-refractivity contribution is 7.91. The summed E-state index contributed by atoms with van der Waals surface area (Å²) in [6.07, 6.45) is 1.46. The van der Waals surface area contributed by atoms with Crippen LogP contribution in [0.2, 0.25) is 0 Å². The summed E-state index contributed by atoms with van der Waals surface area (Å²) in [5.41, 5.74) is 0. The Labute approximate surface area is 105 Å². The van der Waals surface area contributed by atoms with Gasteiger partial charge in [-0.25, -0.2) is 26.3 Å². The predicted molar refractivity (Wildman–Crippen MR) is 67.0 cm³/mol. The highest BCUT2D eigenvalue weighted by Gasteiger charge is 2.13. The number of sulfonamides is 2. The second-order valence-corrected chi connectivity index (χ2v) is 8.12. The van der Waals surface area contributed by atoms with E-state index < -0.39 is 20.0 Å². The van der Waals surface area contributed by atoms with Crippen molar-refractivity contribution in [3.05, 3.63) is 17.5 Å². The summed E-state index contributed by atoms with van der Waals surface area (Å²) in [4.78, 5) is 0. The van der Waals surface area contributed by atoms with Crippen LogP contribution in [0.5, 0.6) is 0 Å². The molecule has 0 saturated carbocycles. The van der Waals surface area contributed by atoms with Crippen LogP contribution in [0.1, 0.15) is 6.42 Å². The topological polar surface area (TPSA) is 92.3 Å². The number of hydrogen-bond acceptors (Lipinski definition) is 5. The number of hydrogen-bond donors (Lipinski definition) is 2. The lowest BCUT2D eigenvalue weighted by Gasteiger charge is -2.04. The molecule has 0 spiro atoms. The molecule has 0 radical (unpaired) electrons. The van der Waals surface area contributed by atoms with Crippen molar-refractivity contribution >= 4 is 31.4 Å². The van der Waals surface area contributed by atoms with Crippen molar-refractivity contribution in [3.8, 4) is 0 Å². The highest BCUT2D eigenvalue weighted by Crippen LogP contribution is 2.14. The second kappa shape index (κ2) is 5.91. The first-order valence-electron chi connectivity index (χ1n) is 4.79. The molecule has 0 aliphatic heterocycles. The summed E-state index contributed by atoms with van der Waals surface area (Å²) in [5.74, 6) is 0. The van der Waals surface area contributed by atoms with Gasteiger partial charge in [-0.2, -0.15) is 0 Å². The minimum atomic E-state index is -3.44. The molecule has 0 aromatic carbocycles. The molecule has 0 fully saturated rings. The standard InChI is InChI=1S/C8H14N2O4S3/c1-16(11,12)9-5-3-6-10-17(13,14)8-4-2-7-15-8/h2,4,7,9-10H,3,5-6H2,1H3. The molecule has 98 valence electrons. The summed E-state index contributed by atoms with van der Waals surface area (Å²) >= 11 is 1.14. The van der Waals surface area contributed by atoms with Crippen LogP contribution in [0.15, 0.2) is 21.7 Å². The van der Waals surface area contributed by atoms with Crippen molar-refractivity contribution in [1.82, 2.24) is 9.44 Å². The molecule has 1 heterocycles. The first kappa shape index (κ1) is 14.6. The first-order chi connectivity index (χ1) is 7.81. The molecule has 6 nitrogen and oxygen atoms in total. The quantitative estimate of drug-likeness (QED) is 0.691. The Hall–Kier alpha value is -0.480. The summed E-state index contributed by atoms with van der Waals surface area (Å²) in [5, 5.41) is 1.68. The molecule has 1 rings (SSSR count). The summed E-state index contributed by atoms with van der Waals surface area (Å²) < 4.78 is 49.6. The molecular formula is C8H14N2O4S3. The van der Waals surface area contributed by atoms with E-state index in [1.54, 1.807) is 11.4 Å². The van der Waals surface area contributed by atoms with Gasteiger partial charge in [0.15, 0.2) is 0 Å². The van der Waals surface area contributed by atoms with Gasteiger partial charge < -0.3 is 0 Å². The molecule has 17 heavy (non-hydrogen) atoms. The fourth-order valence-corrected chi connectivity index (χ4v) is 3.67. The Kier molecular flexibility index (Phi) is 5.07. The van der Waals surface area contributed by atoms with Crippen molar-refractivity contribution in [2.45, 2.75) is 10.6 Å². The fourth-order valence-electron chi connectivity index (χ4n) is 1.04. The van der Waals surface area contributed by atoms with Crippen LogP contribution in [0, 0.1) is 0 Å².